The van der Waals surface area contributed by atoms with Gasteiger partial charge in [0, 0.05) is 6.61 Å². The lowest BCUT2D eigenvalue weighted by molar-refractivity contribution is 0.265. The molecule has 1 N–H and O–H groups in total. The highest BCUT2D eigenvalue weighted by atomic mass is 16.2. The van der Waals surface area contributed by atoms with Gasteiger partial charge in [0.05, 0.1) is 0 Å². The van der Waals surface area contributed by atoms with E-state index in [1.807, 2.05) is 0 Å². The van der Waals surface area contributed by atoms with E-state index in [2.05, 4.69) is 13.8 Å². The van der Waals surface area contributed by atoms with Gasteiger partial charge in [-0.05, 0) is 18.8 Å². The first kappa shape index (κ1) is 16.0. The van der Waals surface area contributed by atoms with Crippen molar-refractivity contribution in [2.75, 3.05) is 6.61 Å². The van der Waals surface area contributed by atoms with Crippen LogP contribution in [0.25, 0.3) is 0 Å². The van der Waals surface area contributed by atoms with Crippen molar-refractivity contribution in [2.45, 2.75) is 84.5 Å². The molecule has 1 atom stereocenters. The van der Waals surface area contributed by atoms with Crippen LogP contribution in [0.5, 0.6) is 0 Å². The van der Waals surface area contributed by atoms with Crippen LogP contribution in [0.2, 0.25) is 0 Å². The van der Waals surface area contributed by atoms with Gasteiger partial charge in [-0.3, -0.25) is 0 Å². The zero-order valence-corrected chi connectivity index (χ0v) is 11.5. The molecule has 0 aliphatic heterocycles. The Bertz CT molecular complexity index is 123. The molecule has 0 saturated carbocycles. The Hall–Kier alpha value is -0.0400. The van der Waals surface area contributed by atoms with Crippen LogP contribution >= 0.6 is 0 Å². The molecule has 1 unspecified atom stereocenters. The largest absolute Gasteiger partial charge is 0.396 e. The number of rotatable bonds is 12. The van der Waals surface area contributed by atoms with Gasteiger partial charge in [0.1, 0.15) is 0 Å². The van der Waals surface area contributed by atoms with Crippen LogP contribution in [-0.2, 0) is 0 Å². The third-order valence-electron chi connectivity index (χ3n) is 3.56. The summed E-state index contributed by atoms with van der Waals surface area (Å²) in [5.41, 5.74) is 0. The van der Waals surface area contributed by atoms with Crippen LogP contribution in [0, 0.1) is 5.92 Å². The maximum Gasteiger partial charge on any atom is 0.0431 e. The van der Waals surface area contributed by atoms with Gasteiger partial charge in [0.15, 0.2) is 0 Å². The molecule has 0 fully saturated rings. The average molecular weight is 228 g/mol. The normalized spacial score (nSPS) is 12.9. The molecular formula is C15H32O. The summed E-state index contributed by atoms with van der Waals surface area (Å²) in [4.78, 5) is 0. The van der Waals surface area contributed by atoms with E-state index in [1.165, 1.54) is 64.2 Å². The second-order valence-electron chi connectivity index (χ2n) is 5.05. The van der Waals surface area contributed by atoms with Crippen molar-refractivity contribution in [3.05, 3.63) is 0 Å². The first-order valence-electron chi connectivity index (χ1n) is 7.46. The first-order chi connectivity index (χ1) is 7.85. The van der Waals surface area contributed by atoms with E-state index in [1.54, 1.807) is 0 Å². The fourth-order valence-electron chi connectivity index (χ4n) is 2.32. The fraction of sp³-hybridized carbons (Fsp3) is 1.00. The SMILES string of the molecule is CCCCCCCCCC(CC)CCCO. The first-order valence-corrected chi connectivity index (χ1v) is 7.46. The van der Waals surface area contributed by atoms with Gasteiger partial charge in [0.2, 0.25) is 0 Å². The molecule has 0 rings (SSSR count). The molecule has 0 bridgehead atoms. The second-order valence-corrected chi connectivity index (χ2v) is 5.05. The molecule has 0 spiro atoms. The minimum atomic E-state index is 0.369. The van der Waals surface area contributed by atoms with Crippen molar-refractivity contribution in [2.24, 2.45) is 5.92 Å². The summed E-state index contributed by atoms with van der Waals surface area (Å²) in [6.45, 7) is 4.92. The summed E-state index contributed by atoms with van der Waals surface area (Å²) in [7, 11) is 0. The maximum absolute atomic E-state index is 8.80. The number of unbranched alkanes of at least 4 members (excludes halogenated alkanes) is 6. The average Bonchev–Trinajstić information content (AvgIpc) is 2.32. The molecular weight excluding hydrogens is 196 g/mol. The van der Waals surface area contributed by atoms with E-state index in [-0.39, 0.29) is 0 Å². The van der Waals surface area contributed by atoms with Crippen LogP contribution in [0.15, 0.2) is 0 Å². The molecule has 0 aromatic heterocycles. The lowest BCUT2D eigenvalue weighted by atomic mass is 9.93. The summed E-state index contributed by atoms with van der Waals surface area (Å²) in [6.07, 6.45) is 14.7. The highest BCUT2D eigenvalue weighted by Gasteiger charge is 2.05. The van der Waals surface area contributed by atoms with Gasteiger partial charge >= 0.3 is 0 Å². The molecule has 0 aromatic carbocycles. The quantitative estimate of drug-likeness (QED) is 0.470. The van der Waals surface area contributed by atoms with Crippen molar-refractivity contribution < 1.29 is 5.11 Å². The van der Waals surface area contributed by atoms with E-state index < -0.39 is 0 Å². The number of aliphatic hydroxyl groups is 1. The van der Waals surface area contributed by atoms with E-state index in [0.717, 1.165) is 12.3 Å². The summed E-state index contributed by atoms with van der Waals surface area (Å²) >= 11 is 0. The predicted molar refractivity (Wildman–Crippen MR) is 72.7 cm³/mol. The standard InChI is InChI=1S/C15H32O/c1-3-5-6-7-8-9-10-12-15(4-2)13-11-14-16/h15-16H,3-14H2,1-2H3. The van der Waals surface area contributed by atoms with Gasteiger partial charge in [-0.1, -0.05) is 71.6 Å². The van der Waals surface area contributed by atoms with E-state index in [0.29, 0.717) is 6.61 Å². The predicted octanol–water partition coefficient (Wildman–Crippen LogP) is 4.93. The molecule has 1 heteroatoms. The highest BCUT2D eigenvalue weighted by molar-refractivity contribution is 4.58. The third-order valence-corrected chi connectivity index (χ3v) is 3.56. The van der Waals surface area contributed by atoms with Crippen molar-refractivity contribution in [1.29, 1.82) is 0 Å². The summed E-state index contributed by atoms with van der Waals surface area (Å²) in [5.74, 6) is 0.864. The minimum absolute atomic E-state index is 0.369. The second kappa shape index (κ2) is 13.0. The maximum atomic E-state index is 8.80. The Labute approximate surface area is 103 Å². The van der Waals surface area contributed by atoms with Crippen molar-refractivity contribution in [3.8, 4) is 0 Å². The van der Waals surface area contributed by atoms with Gasteiger partial charge in [-0.25, -0.2) is 0 Å². The molecule has 0 radical (unpaired) electrons. The Morgan fingerprint density at radius 1 is 0.750 bits per heavy atom. The smallest absolute Gasteiger partial charge is 0.0431 e. The van der Waals surface area contributed by atoms with Crippen LogP contribution < -0.4 is 0 Å². The Morgan fingerprint density at radius 2 is 1.31 bits per heavy atom. The number of hydrogen-bond donors (Lipinski definition) is 1. The van der Waals surface area contributed by atoms with E-state index >= 15 is 0 Å². The van der Waals surface area contributed by atoms with Crippen LogP contribution in [0.1, 0.15) is 84.5 Å². The van der Waals surface area contributed by atoms with E-state index in [4.69, 9.17) is 5.11 Å². The van der Waals surface area contributed by atoms with Crippen molar-refractivity contribution >= 4 is 0 Å². The third kappa shape index (κ3) is 10.5. The summed E-state index contributed by atoms with van der Waals surface area (Å²) in [6, 6.07) is 0. The summed E-state index contributed by atoms with van der Waals surface area (Å²) in [5, 5.41) is 8.80. The molecule has 0 heterocycles. The highest BCUT2D eigenvalue weighted by Crippen LogP contribution is 2.19. The molecule has 0 saturated heterocycles. The lowest BCUT2D eigenvalue weighted by Crippen LogP contribution is -2.00. The van der Waals surface area contributed by atoms with Crippen LogP contribution in [-0.4, -0.2) is 11.7 Å². The van der Waals surface area contributed by atoms with Crippen molar-refractivity contribution in [3.63, 3.8) is 0 Å². The Morgan fingerprint density at radius 3 is 1.88 bits per heavy atom. The monoisotopic (exact) mass is 228 g/mol. The molecule has 0 aromatic rings. The van der Waals surface area contributed by atoms with Crippen LogP contribution in [0.3, 0.4) is 0 Å². The number of hydrogen-bond acceptors (Lipinski definition) is 1. The van der Waals surface area contributed by atoms with Crippen molar-refractivity contribution in [1.82, 2.24) is 0 Å². The van der Waals surface area contributed by atoms with E-state index in [9.17, 15) is 0 Å². The molecule has 0 amide bonds. The van der Waals surface area contributed by atoms with Gasteiger partial charge in [-0.2, -0.15) is 0 Å². The van der Waals surface area contributed by atoms with Gasteiger partial charge in [0.25, 0.3) is 0 Å². The fourth-order valence-corrected chi connectivity index (χ4v) is 2.32. The molecule has 98 valence electrons. The lowest BCUT2D eigenvalue weighted by Gasteiger charge is -2.13. The topological polar surface area (TPSA) is 20.2 Å². The zero-order chi connectivity index (χ0) is 12.1. The number of aliphatic hydroxyl groups excluding tert-OH is 1. The molecule has 0 aliphatic rings. The Kier molecular flexibility index (Phi) is 13.0. The summed E-state index contributed by atoms with van der Waals surface area (Å²) < 4.78 is 0. The molecule has 16 heavy (non-hydrogen) atoms. The molecule has 0 aliphatic carbocycles. The zero-order valence-electron chi connectivity index (χ0n) is 11.5. The Balaban J connectivity index is 3.20. The van der Waals surface area contributed by atoms with Crippen LogP contribution in [0.4, 0.5) is 0 Å². The van der Waals surface area contributed by atoms with Gasteiger partial charge in [-0.15, -0.1) is 0 Å². The minimum Gasteiger partial charge on any atom is -0.396 e. The van der Waals surface area contributed by atoms with Gasteiger partial charge < -0.3 is 5.11 Å². The molecule has 1 nitrogen and oxygen atoms in total.